The minimum absolute atomic E-state index is 0.151. The number of likely N-dealkylation sites (tertiary alicyclic amines) is 1. The van der Waals surface area contributed by atoms with Gasteiger partial charge in [-0.05, 0) is 6.42 Å². The molecule has 1 atom stereocenters. The summed E-state index contributed by atoms with van der Waals surface area (Å²) in [6, 6.07) is 0. The topological polar surface area (TPSA) is 70.5 Å². The van der Waals surface area contributed by atoms with Crippen LogP contribution in [0, 0.1) is 5.92 Å². The Hall–Kier alpha value is -1.43. The number of thiazole rings is 1. The van der Waals surface area contributed by atoms with E-state index in [1.807, 2.05) is 13.8 Å². The van der Waals surface area contributed by atoms with Gasteiger partial charge in [0.15, 0.2) is 0 Å². The second kappa shape index (κ2) is 5.06. The highest BCUT2D eigenvalue weighted by atomic mass is 32.1. The highest BCUT2D eigenvalue weighted by Crippen LogP contribution is 2.22. The van der Waals surface area contributed by atoms with Crippen LogP contribution in [-0.2, 0) is 4.79 Å². The van der Waals surface area contributed by atoms with Gasteiger partial charge in [-0.25, -0.2) is 4.98 Å². The molecule has 5 nitrogen and oxygen atoms in total. The fraction of sp³-hybridized carbons (Fsp3) is 0.583. The molecule has 1 unspecified atom stereocenters. The number of carbonyl (C=O) groups is 2. The van der Waals surface area contributed by atoms with Crippen molar-refractivity contribution in [3.63, 3.8) is 0 Å². The van der Waals surface area contributed by atoms with Gasteiger partial charge < -0.3 is 10.0 Å². The van der Waals surface area contributed by atoms with Crippen LogP contribution < -0.4 is 0 Å². The van der Waals surface area contributed by atoms with Gasteiger partial charge in [0, 0.05) is 24.4 Å². The van der Waals surface area contributed by atoms with E-state index in [1.54, 1.807) is 10.3 Å². The number of carboxylic acid groups (broad SMARTS) is 1. The number of hydrogen-bond donors (Lipinski definition) is 1. The molecule has 1 saturated heterocycles. The lowest BCUT2D eigenvalue weighted by Gasteiger charge is -2.13. The van der Waals surface area contributed by atoms with Crippen molar-refractivity contribution in [2.45, 2.75) is 26.2 Å². The zero-order chi connectivity index (χ0) is 13.3. The fourth-order valence-corrected chi connectivity index (χ4v) is 2.77. The van der Waals surface area contributed by atoms with Crippen molar-refractivity contribution >= 4 is 23.2 Å². The molecule has 0 aromatic carbocycles. The lowest BCUT2D eigenvalue weighted by Crippen LogP contribution is -2.30. The van der Waals surface area contributed by atoms with Crippen LogP contribution in [0.1, 0.15) is 41.7 Å². The van der Waals surface area contributed by atoms with Gasteiger partial charge in [0.25, 0.3) is 5.91 Å². The molecular weight excluding hydrogens is 252 g/mol. The lowest BCUT2D eigenvalue weighted by atomic mass is 10.1. The number of carbonyl (C=O) groups excluding carboxylic acids is 1. The van der Waals surface area contributed by atoms with Crippen LogP contribution in [-0.4, -0.2) is 40.0 Å². The van der Waals surface area contributed by atoms with E-state index in [0.29, 0.717) is 31.1 Å². The molecule has 98 valence electrons. The number of rotatable bonds is 3. The zero-order valence-corrected chi connectivity index (χ0v) is 11.2. The van der Waals surface area contributed by atoms with Crippen molar-refractivity contribution in [3.8, 4) is 0 Å². The van der Waals surface area contributed by atoms with Gasteiger partial charge in [-0.15, -0.1) is 11.3 Å². The third kappa shape index (κ3) is 2.53. The molecule has 0 bridgehead atoms. The Balaban J connectivity index is 2.05. The summed E-state index contributed by atoms with van der Waals surface area (Å²) in [5.41, 5.74) is 0.440. The van der Waals surface area contributed by atoms with E-state index in [0.717, 1.165) is 5.01 Å². The van der Waals surface area contributed by atoms with E-state index >= 15 is 0 Å². The molecule has 6 heteroatoms. The number of amides is 1. The first-order valence-electron chi connectivity index (χ1n) is 5.96. The Kier molecular flexibility index (Phi) is 3.65. The predicted octanol–water partition coefficient (Wildman–Crippen LogP) is 1.81. The van der Waals surface area contributed by atoms with Crippen LogP contribution in [0.2, 0.25) is 0 Å². The molecule has 1 aromatic heterocycles. The highest BCUT2D eigenvalue weighted by molar-refractivity contribution is 7.09. The maximum atomic E-state index is 12.1. The molecule has 0 saturated carbocycles. The smallest absolute Gasteiger partial charge is 0.308 e. The van der Waals surface area contributed by atoms with Gasteiger partial charge in [-0.1, -0.05) is 13.8 Å². The van der Waals surface area contributed by atoms with E-state index in [-0.39, 0.29) is 5.91 Å². The fourth-order valence-electron chi connectivity index (χ4n) is 1.96. The quantitative estimate of drug-likeness (QED) is 0.907. The molecule has 0 radical (unpaired) electrons. The molecule has 1 fully saturated rings. The first-order valence-corrected chi connectivity index (χ1v) is 6.84. The standard InChI is InChI=1S/C12H16N2O3S/c1-7(2)10-13-9(6-18-10)11(15)14-4-3-8(5-14)12(16)17/h6-8H,3-5H2,1-2H3,(H,16,17). The van der Waals surface area contributed by atoms with E-state index in [1.165, 1.54) is 11.3 Å². The average Bonchev–Trinajstić information content (AvgIpc) is 2.97. The van der Waals surface area contributed by atoms with Crippen molar-refractivity contribution < 1.29 is 14.7 Å². The van der Waals surface area contributed by atoms with Crippen LogP contribution in [0.25, 0.3) is 0 Å². The zero-order valence-electron chi connectivity index (χ0n) is 10.4. The summed E-state index contributed by atoms with van der Waals surface area (Å²) >= 11 is 1.48. The molecule has 1 aliphatic heterocycles. The molecule has 1 N–H and O–H groups in total. The van der Waals surface area contributed by atoms with Crippen LogP contribution >= 0.6 is 11.3 Å². The van der Waals surface area contributed by atoms with E-state index in [2.05, 4.69) is 4.98 Å². The summed E-state index contributed by atoms with van der Waals surface area (Å²) in [6.07, 6.45) is 0.530. The summed E-state index contributed by atoms with van der Waals surface area (Å²) in [7, 11) is 0. The van der Waals surface area contributed by atoms with Crippen LogP contribution in [0.15, 0.2) is 5.38 Å². The van der Waals surface area contributed by atoms with Gasteiger partial charge in [0.05, 0.1) is 10.9 Å². The van der Waals surface area contributed by atoms with Gasteiger partial charge in [0.2, 0.25) is 0 Å². The summed E-state index contributed by atoms with van der Waals surface area (Å²) in [5, 5.41) is 11.6. The Morgan fingerprint density at radius 1 is 1.56 bits per heavy atom. The van der Waals surface area contributed by atoms with Crippen LogP contribution in [0.3, 0.4) is 0 Å². The predicted molar refractivity (Wildman–Crippen MR) is 67.8 cm³/mol. The van der Waals surface area contributed by atoms with Crippen molar-refractivity contribution in [3.05, 3.63) is 16.1 Å². The normalized spacial score (nSPS) is 19.5. The van der Waals surface area contributed by atoms with Gasteiger partial charge >= 0.3 is 5.97 Å². The molecule has 1 aliphatic rings. The minimum Gasteiger partial charge on any atom is -0.481 e. The summed E-state index contributed by atoms with van der Waals surface area (Å²) in [5.74, 6) is -1.10. The molecule has 2 rings (SSSR count). The first-order chi connectivity index (χ1) is 8.49. The number of aliphatic carboxylic acids is 1. The SMILES string of the molecule is CC(C)c1nc(C(=O)N2CCC(C(=O)O)C2)cs1. The van der Waals surface area contributed by atoms with Gasteiger partial charge in [-0.3, -0.25) is 9.59 Å². The molecule has 2 heterocycles. The number of aromatic nitrogens is 1. The summed E-state index contributed by atoms with van der Waals surface area (Å²) in [6.45, 7) is 4.86. The maximum absolute atomic E-state index is 12.1. The number of nitrogens with zero attached hydrogens (tertiary/aromatic N) is 2. The largest absolute Gasteiger partial charge is 0.481 e. The molecule has 0 spiro atoms. The second-order valence-electron chi connectivity index (χ2n) is 4.80. The third-order valence-corrected chi connectivity index (χ3v) is 4.20. The average molecular weight is 268 g/mol. The monoisotopic (exact) mass is 268 g/mol. The van der Waals surface area contributed by atoms with Gasteiger partial charge in [-0.2, -0.15) is 0 Å². The molecular formula is C12H16N2O3S. The molecule has 18 heavy (non-hydrogen) atoms. The van der Waals surface area contributed by atoms with Crippen LogP contribution in [0.5, 0.6) is 0 Å². The minimum atomic E-state index is -0.827. The molecule has 1 amide bonds. The Bertz CT molecular complexity index is 470. The highest BCUT2D eigenvalue weighted by Gasteiger charge is 2.32. The number of carboxylic acids is 1. The van der Waals surface area contributed by atoms with Crippen molar-refractivity contribution in [2.75, 3.05) is 13.1 Å². The molecule has 0 aliphatic carbocycles. The lowest BCUT2D eigenvalue weighted by molar-refractivity contribution is -0.141. The second-order valence-corrected chi connectivity index (χ2v) is 5.69. The number of hydrogen-bond acceptors (Lipinski definition) is 4. The molecule has 1 aromatic rings. The summed E-state index contributed by atoms with van der Waals surface area (Å²) < 4.78 is 0. The van der Waals surface area contributed by atoms with E-state index in [9.17, 15) is 9.59 Å². The first kappa shape index (κ1) is 13.0. The van der Waals surface area contributed by atoms with Crippen molar-refractivity contribution in [2.24, 2.45) is 5.92 Å². The Morgan fingerprint density at radius 2 is 2.28 bits per heavy atom. The van der Waals surface area contributed by atoms with E-state index in [4.69, 9.17) is 5.11 Å². The van der Waals surface area contributed by atoms with E-state index < -0.39 is 11.9 Å². The Labute approximate surface area is 109 Å². The van der Waals surface area contributed by atoms with Gasteiger partial charge in [0.1, 0.15) is 5.69 Å². The van der Waals surface area contributed by atoms with Crippen molar-refractivity contribution in [1.29, 1.82) is 0 Å². The summed E-state index contributed by atoms with van der Waals surface area (Å²) in [4.78, 5) is 28.9. The van der Waals surface area contributed by atoms with Crippen LogP contribution in [0.4, 0.5) is 0 Å². The Morgan fingerprint density at radius 3 is 2.78 bits per heavy atom. The third-order valence-electron chi connectivity index (χ3n) is 3.06. The maximum Gasteiger partial charge on any atom is 0.308 e. The van der Waals surface area contributed by atoms with Crippen molar-refractivity contribution in [1.82, 2.24) is 9.88 Å².